The van der Waals surface area contributed by atoms with Gasteiger partial charge in [0.15, 0.2) is 0 Å². The largest absolute Gasteiger partial charge is 0.392 e. The fraction of sp³-hybridized carbons (Fsp3) is 0.400. The van der Waals surface area contributed by atoms with Gasteiger partial charge in [-0.05, 0) is 36.6 Å². The van der Waals surface area contributed by atoms with Crippen molar-refractivity contribution in [3.8, 4) is 11.1 Å². The molecule has 0 radical (unpaired) electrons. The predicted octanol–water partition coefficient (Wildman–Crippen LogP) is 3.26. The Hall–Kier alpha value is -2.80. The molecule has 0 bridgehead atoms. The van der Waals surface area contributed by atoms with Crippen molar-refractivity contribution in [2.24, 2.45) is 0 Å². The van der Waals surface area contributed by atoms with Gasteiger partial charge in [0.25, 0.3) is 10.0 Å². The van der Waals surface area contributed by atoms with Crippen LogP contribution in [-0.4, -0.2) is 65.0 Å². The van der Waals surface area contributed by atoms with E-state index in [0.717, 1.165) is 9.87 Å². The van der Waals surface area contributed by atoms with Gasteiger partial charge in [-0.25, -0.2) is 12.7 Å². The van der Waals surface area contributed by atoms with Gasteiger partial charge in [-0.3, -0.25) is 0 Å². The van der Waals surface area contributed by atoms with Crippen LogP contribution in [0.4, 0.5) is 5.88 Å². The molecule has 3 aromatic rings. The molecule has 1 aromatic heterocycles. The average molecular weight is 520 g/mol. The van der Waals surface area contributed by atoms with Gasteiger partial charge < -0.3 is 23.9 Å². The minimum atomic E-state index is -4.16. The number of aryl methyl sites for hydroxylation is 1. The maximum Gasteiger partial charge on any atom is 0.269 e. The number of benzene rings is 2. The Balaban J connectivity index is 2.14. The van der Waals surface area contributed by atoms with Gasteiger partial charge >= 0.3 is 0 Å². The molecule has 0 aliphatic carbocycles. The van der Waals surface area contributed by atoms with Crippen molar-refractivity contribution in [1.82, 2.24) is 10.2 Å². The SMILES string of the molecule is COCCOCN(c1onc(C)c1C)S(=O)(=O)c1ccccc1-c1ccc(CO)cc1CN(C)OC. The Morgan fingerprint density at radius 1 is 1.06 bits per heavy atom. The molecule has 1 N–H and O–H groups in total. The number of aromatic nitrogens is 1. The Labute approximate surface area is 212 Å². The van der Waals surface area contributed by atoms with Crippen LogP contribution in [0, 0.1) is 13.8 Å². The zero-order valence-corrected chi connectivity index (χ0v) is 22.0. The quantitative estimate of drug-likeness (QED) is 0.206. The number of hydrogen-bond donors (Lipinski definition) is 1. The number of anilines is 1. The average Bonchev–Trinajstić information content (AvgIpc) is 3.21. The molecule has 0 saturated carbocycles. The topological polar surface area (TPSA) is 115 Å². The first-order valence-corrected chi connectivity index (χ1v) is 12.8. The third kappa shape index (κ3) is 6.12. The lowest BCUT2D eigenvalue weighted by Crippen LogP contribution is -2.34. The van der Waals surface area contributed by atoms with Gasteiger partial charge in [-0.2, -0.15) is 5.06 Å². The third-order valence-corrected chi connectivity index (χ3v) is 7.56. The number of aliphatic hydroxyl groups excluding tert-OH is 1. The van der Waals surface area contributed by atoms with Gasteiger partial charge in [0.1, 0.15) is 6.73 Å². The van der Waals surface area contributed by atoms with Crippen molar-refractivity contribution in [2.45, 2.75) is 31.9 Å². The van der Waals surface area contributed by atoms with Crippen molar-refractivity contribution >= 4 is 15.9 Å². The molecule has 0 amide bonds. The minimum absolute atomic E-state index is 0.0758. The summed E-state index contributed by atoms with van der Waals surface area (Å²) < 4.78 is 45.4. The second kappa shape index (κ2) is 12.4. The fourth-order valence-electron chi connectivity index (χ4n) is 3.64. The molecule has 0 unspecified atom stereocenters. The molecule has 10 nitrogen and oxygen atoms in total. The van der Waals surface area contributed by atoms with Crippen molar-refractivity contribution in [3.05, 3.63) is 64.8 Å². The van der Waals surface area contributed by atoms with Crippen LogP contribution in [0.25, 0.3) is 11.1 Å². The number of rotatable bonds is 13. The normalized spacial score (nSPS) is 11.9. The molecular formula is C25H33N3O7S. The van der Waals surface area contributed by atoms with Crippen LogP contribution in [0.3, 0.4) is 0 Å². The maximum absolute atomic E-state index is 14.1. The molecule has 196 valence electrons. The van der Waals surface area contributed by atoms with Gasteiger partial charge in [0.05, 0.1) is 37.5 Å². The van der Waals surface area contributed by atoms with E-state index in [1.165, 1.54) is 0 Å². The van der Waals surface area contributed by atoms with Crippen molar-refractivity contribution in [2.75, 3.05) is 45.5 Å². The number of nitrogens with zero attached hydrogens (tertiary/aromatic N) is 3. The van der Waals surface area contributed by atoms with E-state index < -0.39 is 10.0 Å². The zero-order chi connectivity index (χ0) is 26.3. The van der Waals surface area contributed by atoms with Crippen LogP contribution >= 0.6 is 0 Å². The first-order valence-electron chi connectivity index (χ1n) is 11.3. The molecule has 0 saturated heterocycles. The molecule has 11 heteroatoms. The van der Waals surface area contributed by atoms with Gasteiger partial charge in [-0.15, -0.1) is 0 Å². The fourth-order valence-corrected chi connectivity index (χ4v) is 5.18. The minimum Gasteiger partial charge on any atom is -0.392 e. The number of ether oxygens (including phenoxy) is 2. The number of aliphatic hydroxyl groups is 1. The van der Waals surface area contributed by atoms with E-state index in [2.05, 4.69) is 5.16 Å². The van der Waals surface area contributed by atoms with E-state index in [-0.39, 0.29) is 30.7 Å². The Morgan fingerprint density at radius 2 is 1.81 bits per heavy atom. The monoisotopic (exact) mass is 519 g/mol. The lowest BCUT2D eigenvalue weighted by atomic mass is 9.97. The first kappa shape index (κ1) is 27.8. The van der Waals surface area contributed by atoms with E-state index in [0.29, 0.717) is 41.1 Å². The van der Waals surface area contributed by atoms with Crippen LogP contribution in [0.5, 0.6) is 0 Å². The maximum atomic E-state index is 14.1. The van der Waals surface area contributed by atoms with Crippen molar-refractivity contribution in [3.63, 3.8) is 0 Å². The molecule has 0 atom stereocenters. The van der Waals surface area contributed by atoms with Crippen LogP contribution in [0.1, 0.15) is 22.4 Å². The summed E-state index contributed by atoms with van der Waals surface area (Å²) in [4.78, 5) is 5.37. The first-order chi connectivity index (χ1) is 17.2. The van der Waals surface area contributed by atoms with Crippen molar-refractivity contribution < 1.29 is 32.4 Å². The third-order valence-electron chi connectivity index (χ3n) is 5.80. The Morgan fingerprint density at radius 3 is 2.44 bits per heavy atom. The zero-order valence-electron chi connectivity index (χ0n) is 21.2. The van der Waals surface area contributed by atoms with Gasteiger partial charge in [0, 0.05) is 31.8 Å². The van der Waals surface area contributed by atoms with E-state index in [9.17, 15) is 13.5 Å². The van der Waals surface area contributed by atoms with Crippen LogP contribution in [0.15, 0.2) is 51.9 Å². The van der Waals surface area contributed by atoms with E-state index in [4.69, 9.17) is 18.8 Å². The van der Waals surface area contributed by atoms with Crippen molar-refractivity contribution in [1.29, 1.82) is 0 Å². The highest BCUT2D eigenvalue weighted by atomic mass is 32.2. The summed E-state index contributed by atoms with van der Waals surface area (Å²) in [5.41, 5.74) is 3.88. The second-order valence-corrected chi connectivity index (χ2v) is 10.0. The summed E-state index contributed by atoms with van der Waals surface area (Å²) in [5, 5.41) is 15.2. The second-order valence-electron chi connectivity index (χ2n) is 8.20. The number of hydroxylamine groups is 2. The summed E-state index contributed by atoms with van der Waals surface area (Å²) in [6, 6.07) is 12.2. The lowest BCUT2D eigenvalue weighted by molar-refractivity contribution is -0.116. The predicted molar refractivity (Wildman–Crippen MR) is 135 cm³/mol. The molecule has 1 heterocycles. The van der Waals surface area contributed by atoms with Crippen LogP contribution in [-0.2, 0) is 37.5 Å². The highest BCUT2D eigenvalue weighted by Crippen LogP contribution is 2.35. The molecule has 3 rings (SSSR count). The standard InChI is InChI=1S/C25H33N3O7S/c1-18-19(2)26-35-25(18)28(17-34-13-12-32-4)36(30,31)24-9-7-6-8-23(24)22-11-10-20(16-29)14-21(22)15-27(3)33-5/h6-11,14,29H,12-13,15-17H2,1-5H3. The highest BCUT2D eigenvalue weighted by molar-refractivity contribution is 7.93. The molecule has 0 aliphatic heterocycles. The summed E-state index contributed by atoms with van der Waals surface area (Å²) in [6.45, 7) is 3.96. The number of sulfonamides is 1. The molecule has 0 aliphatic rings. The van der Waals surface area contributed by atoms with Gasteiger partial charge in [-0.1, -0.05) is 41.6 Å². The smallest absolute Gasteiger partial charge is 0.269 e. The number of methoxy groups -OCH3 is 1. The summed E-state index contributed by atoms with van der Waals surface area (Å²) in [7, 11) is 0.707. The molecular weight excluding hydrogens is 486 g/mol. The summed E-state index contributed by atoms with van der Waals surface area (Å²) in [5.74, 6) is 0.0923. The van der Waals surface area contributed by atoms with E-state index in [1.54, 1.807) is 70.5 Å². The Bertz CT molecular complexity index is 1260. The summed E-state index contributed by atoms with van der Waals surface area (Å²) in [6.07, 6.45) is 0. The van der Waals surface area contributed by atoms with E-state index in [1.807, 2.05) is 12.1 Å². The molecule has 36 heavy (non-hydrogen) atoms. The van der Waals surface area contributed by atoms with Crippen LogP contribution < -0.4 is 4.31 Å². The molecule has 0 fully saturated rings. The number of hydrogen-bond acceptors (Lipinski definition) is 9. The highest BCUT2D eigenvalue weighted by Gasteiger charge is 2.32. The van der Waals surface area contributed by atoms with E-state index >= 15 is 0 Å². The van der Waals surface area contributed by atoms with Crippen LogP contribution in [0.2, 0.25) is 0 Å². The summed E-state index contributed by atoms with van der Waals surface area (Å²) >= 11 is 0. The molecule has 0 spiro atoms. The lowest BCUT2D eigenvalue weighted by Gasteiger charge is -2.24. The molecule has 2 aromatic carbocycles. The Kier molecular flexibility index (Phi) is 9.60. The van der Waals surface area contributed by atoms with Gasteiger partial charge in [0.2, 0.25) is 5.88 Å².